The molecule has 6 nitrogen and oxygen atoms in total. The summed E-state index contributed by atoms with van der Waals surface area (Å²) < 4.78 is 11.1. The molecule has 1 amide bonds. The number of carbonyl (C=O) groups excluding carboxylic acids is 2. The topological polar surface area (TPSA) is 77.5 Å². The minimum Gasteiger partial charge on any atom is -0.465 e. The van der Waals surface area contributed by atoms with Gasteiger partial charge in [-0.05, 0) is 49.9 Å². The van der Waals surface area contributed by atoms with Crippen LogP contribution in [0.4, 0.5) is 4.79 Å². The molecule has 7 heteroatoms. The average Bonchev–Trinajstić information content (AvgIpc) is 3.06. The van der Waals surface area contributed by atoms with Crippen LogP contribution in [0, 0.1) is 0 Å². The van der Waals surface area contributed by atoms with Crippen molar-refractivity contribution in [3.8, 4) is 11.1 Å². The number of hydrogen-bond donors (Lipinski definition) is 1. The Morgan fingerprint density at radius 1 is 1.11 bits per heavy atom. The number of aromatic nitrogens is 1. The Morgan fingerprint density at radius 2 is 1.89 bits per heavy atom. The van der Waals surface area contributed by atoms with Crippen LogP contribution in [-0.4, -0.2) is 29.8 Å². The number of methoxy groups -OCH3 is 1. The van der Waals surface area contributed by atoms with E-state index in [1.54, 1.807) is 23.6 Å². The molecule has 3 aromatic rings. The molecule has 0 aliphatic heterocycles. The number of amides is 1. The smallest absolute Gasteiger partial charge is 0.407 e. The van der Waals surface area contributed by atoms with Crippen molar-refractivity contribution < 1.29 is 19.1 Å². The molecule has 3 rings (SSSR count). The second kappa shape index (κ2) is 7.98. The van der Waals surface area contributed by atoms with E-state index >= 15 is 0 Å². The first-order chi connectivity index (χ1) is 13.2. The summed E-state index contributed by atoms with van der Waals surface area (Å²) in [5, 5.41) is 3.87. The Morgan fingerprint density at radius 3 is 2.61 bits per heavy atom. The molecule has 0 radical (unpaired) electrons. The molecule has 2 heterocycles. The SMILES string of the molecule is COC(=O)c1cncc(-c2ccc3cc(CNC(=O)OC(C)(C)C)sc3c2)c1. The van der Waals surface area contributed by atoms with Gasteiger partial charge in [0, 0.05) is 27.5 Å². The second-order valence-electron chi connectivity index (χ2n) is 7.27. The van der Waals surface area contributed by atoms with Crippen molar-refractivity contribution in [1.29, 1.82) is 0 Å². The van der Waals surface area contributed by atoms with Crippen LogP contribution < -0.4 is 5.32 Å². The third-order valence-electron chi connectivity index (χ3n) is 3.87. The maximum Gasteiger partial charge on any atom is 0.407 e. The molecule has 146 valence electrons. The third-order valence-corrected chi connectivity index (χ3v) is 4.97. The van der Waals surface area contributed by atoms with E-state index in [2.05, 4.69) is 16.4 Å². The minimum absolute atomic E-state index is 0.406. The van der Waals surface area contributed by atoms with Crippen LogP contribution >= 0.6 is 11.3 Å². The first kappa shape index (κ1) is 19.8. The van der Waals surface area contributed by atoms with Gasteiger partial charge in [0.2, 0.25) is 0 Å². The predicted octanol–water partition coefficient (Wildman–Crippen LogP) is 4.77. The van der Waals surface area contributed by atoms with Gasteiger partial charge in [0.05, 0.1) is 19.2 Å². The molecule has 0 spiro atoms. The lowest BCUT2D eigenvalue weighted by Gasteiger charge is -2.19. The van der Waals surface area contributed by atoms with E-state index in [9.17, 15) is 9.59 Å². The summed E-state index contributed by atoms with van der Waals surface area (Å²) in [7, 11) is 1.35. The Labute approximate surface area is 167 Å². The molecule has 1 N–H and O–H groups in total. The summed E-state index contributed by atoms with van der Waals surface area (Å²) >= 11 is 1.60. The van der Waals surface area contributed by atoms with Crippen molar-refractivity contribution in [3.05, 3.63) is 53.2 Å². The molecule has 2 aromatic heterocycles. The van der Waals surface area contributed by atoms with Crippen molar-refractivity contribution in [3.63, 3.8) is 0 Å². The number of pyridine rings is 1. The molecular formula is C21H22N2O4S. The lowest BCUT2D eigenvalue weighted by Crippen LogP contribution is -2.31. The van der Waals surface area contributed by atoms with E-state index in [0.29, 0.717) is 12.1 Å². The fraction of sp³-hybridized carbons (Fsp3) is 0.286. The Balaban J connectivity index is 1.78. The van der Waals surface area contributed by atoms with E-state index < -0.39 is 17.7 Å². The first-order valence-corrected chi connectivity index (χ1v) is 9.60. The fourth-order valence-electron chi connectivity index (χ4n) is 2.65. The second-order valence-corrected chi connectivity index (χ2v) is 8.44. The average molecular weight is 398 g/mol. The molecule has 0 fully saturated rings. The van der Waals surface area contributed by atoms with E-state index in [1.165, 1.54) is 13.3 Å². The fourth-order valence-corrected chi connectivity index (χ4v) is 3.70. The van der Waals surface area contributed by atoms with Gasteiger partial charge in [0.25, 0.3) is 0 Å². The Kier molecular flexibility index (Phi) is 5.65. The zero-order chi connectivity index (χ0) is 20.3. The van der Waals surface area contributed by atoms with Gasteiger partial charge < -0.3 is 14.8 Å². The van der Waals surface area contributed by atoms with Gasteiger partial charge in [0.1, 0.15) is 5.60 Å². The zero-order valence-corrected chi connectivity index (χ0v) is 17.1. The van der Waals surface area contributed by atoms with Crippen LogP contribution in [0.5, 0.6) is 0 Å². The number of fused-ring (bicyclic) bond motifs is 1. The molecule has 0 unspecified atom stereocenters. The van der Waals surface area contributed by atoms with Crippen LogP contribution in [0.1, 0.15) is 36.0 Å². The summed E-state index contributed by atoms with van der Waals surface area (Å²) in [5.74, 6) is -0.415. The van der Waals surface area contributed by atoms with Crippen molar-refractivity contribution in [2.24, 2.45) is 0 Å². The van der Waals surface area contributed by atoms with Crippen molar-refractivity contribution in [1.82, 2.24) is 10.3 Å². The number of ether oxygens (including phenoxy) is 2. The molecule has 0 aliphatic carbocycles. The number of nitrogens with one attached hydrogen (secondary N) is 1. The molecule has 0 bridgehead atoms. The number of esters is 1. The number of rotatable bonds is 4. The highest BCUT2D eigenvalue weighted by Crippen LogP contribution is 2.30. The van der Waals surface area contributed by atoms with E-state index in [1.807, 2.05) is 39.0 Å². The number of alkyl carbamates (subject to hydrolysis) is 1. The van der Waals surface area contributed by atoms with Gasteiger partial charge in [-0.15, -0.1) is 11.3 Å². The highest BCUT2D eigenvalue weighted by Gasteiger charge is 2.16. The van der Waals surface area contributed by atoms with Crippen LogP contribution in [0.25, 0.3) is 21.2 Å². The maximum absolute atomic E-state index is 11.8. The van der Waals surface area contributed by atoms with Gasteiger partial charge in [-0.2, -0.15) is 0 Å². The van der Waals surface area contributed by atoms with Gasteiger partial charge in [-0.3, -0.25) is 4.98 Å². The maximum atomic E-state index is 11.8. The number of nitrogens with zero attached hydrogens (tertiary/aromatic N) is 1. The lowest BCUT2D eigenvalue weighted by atomic mass is 10.1. The van der Waals surface area contributed by atoms with Crippen LogP contribution in [-0.2, 0) is 16.0 Å². The van der Waals surface area contributed by atoms with Crippen molar-refractivity contribution in [2.45, 2.75) is 32.9 Å². The summed E-state index contributed by atoms with van der Waals surface area (Å²) in [5.41, 5.74) is 1.69. The molecular weight excluding hydrogens is 376 g/mol. The quantitative estimate of drug-likeness (QED) is 0.640. The summed E-state index contributed by atoms with van der Waals surface area (Å²) in [6.45, 7) is 5.90. The first-order valence-electron chi connectivity index (χ1n) is 8.78. The van der Waals surface area contributed by atoms with Crippen LogP contribution in [0.3, 0.4) is 0 Å². The minimum atomic E-state index is -0.522. The number of carbonyl (C=O) groups is 2. The summed E-state index contributed by atoms with van der Waals surface area (Å²) in [6, 6.07) is 9.86. The zero-order valence-electron chi connectivity index (χ0n) is 16.2. The predicted molar refractivity (Wildman–Crippen MR) is 109 cm³/mol. The number of benzene rings is 1. The molecule has 1 aromatic carbocycles. The summed E-state index contributed by atoms with van der Waals surface area (Å²) in [4.78, 5) is 28.7. The van der Waals surface area contributed by atoms with E-state index in [-0.39, 0.29) is 0 Å². The van der Waals surface area contributed by atoms with Crippen molar-refractivity contribution >= 4 is 33.5 Å². The van der Waals surface area contributed by atoms with Gasteiger partial charge in [-0.1, -0.05) is 12.1 Å². The normalized spacial score (nSPS) is 11.3. The van der Waals surface area contributed by atoms with Crippen molar-refractivity contribution in [2.75, 3.05) is 7.11 Å². The van der Waals surface area contributed by atoms with E-state index in [4.69, 9.17) is 9.47 Å². The Hall–Kier alpha value is -2.93. The highest BCUT2D eigenvalue weighted by molar-refractivity contribution is 7.19. The van der Waals surface area contributed by atoms with Crippen LogP contribution in [0.2, 0.25) is 0 Å². The van der Waals surface area contributed by atoms with Gasteiger partial charge in [0.15, 0.2) is 0 Å². The lowest BCUT2D eigenvalue weighted by molar-refractivity contribution is 0.0523. The standard InChI is InChI=1S/C21H22N2O4S/c1-21(2,3)27-20(25)23-12-17-8-14-6-5-13(9-18(14)28-17)15-7-16(11-22-10-15)19(24)26-4/h5-11H,12H2,1-4H3,(H,23,25). The molecule has 0 aliphatic rings. The van der Waals surface area contributed by atoms with Gasteiger partial charge in [-0.25, -0.2) is 9.59 Å². The number of hydrogen-bond acceptors (Lipinski definition) is 6. The monoisotopic (exact) mass is 398 g/mol. The summed E-state index contributed by atoms with van der Waals surface area (Å²) in [6.07, 6.45) is 2.77. The van der Waals surface area contributed by atoms with Gasteiger partial charge >= 0.3 is 12.1 Å². The molecule has 0 saturated heterocycles. The largest absolute Gasteiger partial charge is 0.465 e. The molecule has 28 heavy (non-hydrogen) atoms. The number of thiophene rings is 1. The third kappa shape index (κ3) is 4.86. The Bertz CT molecular complexity index is 1020. The highest BCUT2D eigenvalue weighted by atomic mass is 32.1. The van der Waals surface area contributed by atoms with E-state index in [0.717, 1.165) is 26.1 Å². The molecule has 0 saturated carbocycles. The van der Waals surface area contributed by atoms with Crippen LogP contribution in [0.15, 0.2) is 42.7 Å². The molecule has 0 atom stereocenters.